The molecule has 2 fully saturated rings. The molecule has 0 spiro atoms. The molecule has 6 nitrogen and oxygen atoms in total. The molecule has 1 N–H and O–H groups in total. The van der Waals surface area contributed by atoms with Gasteiger partial charge in [-0.1, -0.05) is 60.2 Å². The summed E-state index contributed by atoms with van der Waals surface area (Å²) in [4.78, 5) is 28.9. The van der Waals surface area contributed by atoms with Crippen LogP contribution in [0.3, 0.4) is 0 Å². The Hall–Kier alpha value is -3.78. The minimum atomic E-state index is -1.24. The van der Waals surface area contributed by atoms with E-state index in [2.05, 4.69) is 72.6 Å². The lowest BCUT2D eigenvalue weighted by molar-refractivity contribution is 0.153. The van der Waals surface area contributed by atoms with E-state index >= 15 is 0 Å². The molecule has 0 aromatic heterocycles. The number of amides is 3. The Morgan fingerprint density at radius 2 is 1.63 bits per heavy atom. The predicted molar refractivity (Wildman–Crippen MR) is 154 cm³/mol. The van der Waals surface area contributed by atoms with E-state index in [-0.39, 0.29) is 17.6 Å². The largest absolute Gasteiger partial charge is 0.446 e. The maximum atomic E-state index is 13.9. The van der Waals surface area contributed by atoms with Crippen molar-refractivity contribution in [1.82, 2.24) is 15.1 Å². The van der Waals surface area contributed by atoms with Crippen molar-refractivity contribution >= 4 is 12.1 Å². The van der Waals surface area contributed by atoms with Crippen LogP contribution >= 0.6 is 0 Å². The second-order valence-corrected chi connectivity index (χ2v) is 11.5. The molecule has 3 aromatic rings. The van der Waals surface area contributed by atoms with Gasteiger partial charge in [0.05, 0.1) is 0 Å². The third-order valence-corrected chi connectivity index (χ3v) is 8.80. The Morgan fingerprint density at radius 1 is 0.951 bits per heavy atom. The van der Waals surface area contributed by atoms with E-state index in [0.29, 0.717) is 13.0 Å². The molecule has 8 heteroatoms. The van der Waals surface area contributed by atoms with Crippen molar-refractivity contribution in [3.8, 4) is 0 Å². The predicted octanol–water partition coefficient (Wildman–Crippen LogP) is 6.43. The quantitative estimate of drug-likeness (QED) is 0.338. The third kappa shape index (κ3) is 5.58. The first-order chi connectivity index (χ1) is 19.6. The number of carbonyl (C=O) groups excluding carboxylic acids is 2. The number of nitrogens with one attached hydrogen (secondary N) is 1. The van der Waals surface area contributed by atoms with E-state index in [1.807, 2.05) is 0 Å². The fourth-order valence-corrected chi connectivity index (χ4v) is 6.31. The van der Waals surface area contributed by atoms with E-state index in [1.54, 1.807) is 6.92 Å². The van der Waals surface area contributed by atoms with Gasteiger partial charge in [0.15, 0.2) is 11.6 Å². The fraction of sp³-hybridized carbons (Fsp3) is 0.394. The van der Waals surface area contributed by atoms with E-state index in [1.165, 1.54) is 28.3 Å². The number of ether oxygens (including phenoxy) is 1. The Morgan fingerprint density at radius 3 is 2.32 bits per heavy atom. The van der Waals surface area contributed by atoms with Crippen LogP contribution in [0.4, 0.5) is 18.4 Å². The van der Waals surface area contributed by atoms with E-state index in [0.717, 1.165) is 49.5 Å². The average molecular weight is 562 g/mol. The molecule has 0 aliphatic carbocycles. The first-order valence-electron chi connectivity index (χ1n) is 14.2. The molecule has 2 aliphatic heterocycles. The lowest BCUT2D eigenvalue weighted by Crippen LogP contribution is -2.51. The fourth-order valence-electron chi connectivity index (χ4n) is 6.31. The topological polar surface area (TPSA) is 61.9 Å². The molecule has 3 aromatic carbocycles. The number of nitrogens with zero attached hydrogens (tertiary/aromatic N) is 2. The number of aryl methyl sites for hydroxylation is 2. The Kier molecular flexibility index (Phi) is 8.13. The standard InChI is InChI=1S/C33H37F2N3O3/c1-23-9-11-25(12-10-23)33(27-8-5-4-7-24(27)2)15-19-37(20-16-33)18-6-17-36-30(39)38-31(40)41-22-32(38,3)26-13-14-28(34)29(35)21-26/h4-5,7-14,21H,6,15-20,22H2,1-3H3,(H,36,39). The van der Waals surface area contributed by atoms with Crippen LogP contribution < -0.4 is 5.32 Å². The number of cyclic esters (lactones) is 1. The molecular formula is C33H37F2N3O3. The normalized spacial score (nSPS) is 20.6. The van der Waals surface area contributed by atoms with Crippen molar-refractivity contribution in [2.45, 2.75) is 51.0 Å². The summed E-state index contributed by atoms with van der Waals surface area (Å²) in [6, 6.07) is 20.3. The van der Waals surface area contributed by atoms with Crippen LogP contribution in [0, 0.1) is 25.5 Å². The molecule has 2 aliphatic rings. The van der Waals surface area contributed by atoms with Gasteiger partial charge in [0.25, 0.3) is 0 Å². The molecule has 2 saturated heterocycles. The summed E-state index contributed by atoms with van der Waals surface area (Å²) in [5.74, 6) is -2.04. The molecule has 1 atom stereocenters. The highest BCUT2D eigenvalue weighted by molar-refractivity contribution is 5.93. The Balaban J connectivity index is 1.19. The second kappa shape index (κ2) is 11.6. The van der Waals surface area contributed by atoms with Crippen molar-refractivity contribution in [2.75, 3.05) is 32.8 Å². The summed E-state index contributed by atoms with van der Waals surface area (Å²) in [5.41, 5.74) is 4.31. The molecular weight excluding hydrogens is 524 g/mol. The summed E-state index contributed by atoms with van der Waals surface area (Å²) in [5, 5.41) is 2.82. The zero-order valence-electron chi connectivity index (χ0n) is 23.9. The van der Waals surface area contributed by atoms with Gasteiger partial charge in [-0.3, -0.25) is 0 Å². The van der Waals surface area contributed by atoms with E-state index in [9.17, 15) is 18.4 Å². The summed E-state index contributed by atoms with van der Waals surface area (Å²) >= 11 is 0. The molecule has 0 bridgehead atoms. The number of piperidine rings is 1. The Bertz CT molecular complexity index is 1420. The number of hydrogen-bond donors (Lipinski definition) is 1. The molecule has 41 heavy (non-hydrogen) atoms. The molecule has 2 heterocycles. The number of rotatable bonds is 7. The van der Waals surface area contributed by atoms with Gasteiger partial charge < -0.3 is 15.0 Å². The first kappa shape index (κ1) is 28.7. The Labute approximate surface area is 240 Å². The number of imide groups is 1. The maximum Gasteiger partial charge on any atom is 0.419 e. The highest BCUT2D eigenvalue weighted by Crippen LogP contribution is 2.43. The highest BCUT2D eigenvalue weighted by atomic mass is 19.2. The van der Waals surface area contributed by atoms with Crippen LogP contribution in [-0.2, 0) is 15.7 Å². The summed E-state index contributed by atoms with van der Waals surface area (Å²) in [6.07, 6.45) is 1.89. The van der Waals surface area contributed by atoms with Gasteiger partial charge in [0.2, 0.25) is 0 Å². The van der Waals surface area contributed by atoms with Gasteiger partial charge in [-0.25, -0.2) is 23.3 Å². The number of urea groups is 1. The van der Waals surface area contributed by atoms with Crippen molar-refractivity contribution < 1.29 is 23.1 Å². The van der Waals surface area contributed by atoms with E-state index < -0.39 is 29.3 Å². The lowest BCUT2D eigenvalue weighted by Gasteiger charge is -2.43. The smallest absolute Gasteiger partial charge is 0.419 e. The van der Waals surface area contributed by atoms with Crippen LogP contribution in [-0.4, -0.2) is 54.7 Å². The van der Waals surface area contributed by atoms with Crippen LogP contribution in [0.1, 0.15) is 54.0 Å². The van der Waals surface area contributed by atoms with Gasteiger partial charge in [-0.15, -0.1) is 0 Å². The minimum absolute atomic E-state index is 0.0375. The highest BCUT2D eigenvalue weighted by Gasteiger charge is 2.49. The zero-order valence-corrected chi connectivity index (χ0v) is 23.9. The van der Waals surface area contributed by atoms with Crippen molar-refractivity contribution in [2.24, 2.45) is 0 Å². The molecule has 0 radical (unpaired) electrons. The number of carbonyl (C=O) groups is 2. The number of halogens is 2. The molecule has 216 valence electrons. The number of likely N-dealkylation sites (tertiary alicyclic amines) is 1. The summed E-state index contributed by atoms with van der Waals surface area (Å²) < 4.78 is 32.5. The summed E-state index contributed by atoms with van der Waals surface area (Å²) in [7, 11) is 0. The molecule has 3 amide bonds. The van der Waals surface area contributed by atoms with E-state index in [4.69, 9.17) is 4.74 Å². The van der Waals surface area contributed by atoms with Crippen LogP contribution in [0.2, 0.25) is 0 Å². The zero-order chi connectivity index (χ0) is 29.2. The van der Waals surface area contributed by atoms with Crippen molar-refractivity contribution in [3.63, 3.8) is 0 Å². The van der Waals surface area contributed by atoms with Crippen LogP contribution in [0.25, 0.3) is 0 Å². The van der Waals surface area contributed by atoms with Gasteiger partial charge in [-0.05, 0) is 94.1 Å². The number of benzene rings is 3. The lowest BCUT2D eigenvalue weighted by atomic mass is 9.67. The monoisotopic (exact) mass is 561 g/mol. The minimum Gasteiger partial charge on any atom is -0.446 e. The SMILES string of the molecule is Cc1ccc(C2(c3ccccc3C)CCN(CCCNC(=O)N3C(=O)OCC3(C)c3ccc(F)c(F)c3)CC2)cc1. The van der Waals surface area contributed by atoms with Crippen molar-refractivity contribution in [3.05, 3.63) is 106 Å². The van der Waals surface area contributed by atoms with Gasteiger partial charge in [-0.2, -0.15) is 0 Å². The van der Waals surface area contributed by atoms with Crippen LogP contribution in [0.15, 0.2) is 66.7 Å². The van der Waals surface area contributed by atoms with Gasteiger partial charge >= 0.3 is 12.1 Å². The molecule has 0 saturated carbocycles. The van der Waals surface area contributed by atoms with Crippen LogP contribution in [0.5, 0.6) is 0 Å². The molecule has 1 unspecified atom stereocenters. The van der Waals surface area contributed by atoms with Crippen molar-refractivity contribution in [1.29, 1.82) is 0 Å². The second-order valence-electron chi connectivity index (χ2n) is 11.5. The van der Waals surface area contributed by atoms with Gasteiger partial charge in [0.1, 0.15) is 12.1 Å². The molecule has 5 rings (SSSR count). The summed E-state index contributed by atoms with van der Waals surface area (Å²) in [6.45, 7) is 8.81. The van der Waals surface area contributed by atoms with Gasteiger partial charge in [0, 0.05) is 12.0 Å². The maximum absolute atomic E-state index is 13.9. The third-order valence-electron chi connectivity index (χ3n) is 8.80. The number of hydrogen-bond acceptors (Lipinski definition) is 4. The first-order valence-corrected chi connectivity index (χ1v) is 14.2. The average Bonchev–Trinajstić information content (AvgIpc) is 3.28.